The standard InChI is InChI=1S/C18H32N4O3.2ClH/c19-15-18(4-12-25-13-5-18)17(24)22-9-3-6-20(10-11-22)14-16(23)21-7-1-2-8-21;;/h1-15,19H2;2*1H. The summed E-state index contributed by atoms with van der Waals surface area (Å²) in [4.78, 5) is 31.6. The molecule has 27 heavy (non-hydrogen) atoms. The van der Waals surface area contributed by atoms with Crippen molar-refractivity contribution < 1.29 is 14.3 Å². The van der Waals surface area contributed by atoms with E-state index in [0.717, 1.165) is 64.8 Å². The Balaban J connectivity index is 0.00000182. The zero-order valence-corrected chi connectivity index (χ0v) is 17.7. The van der Waals surface area contributed by atoms with E-state index in [-0.39, 0.29) is 36.6 Å². The van der Waals surface area contributed by atoms with E-state index >= 15 is 0 Å². The summed E-state index contributed by atoms with van der Waals surface area (Å²) in [6.45, 7) is 7.01. The molecule has 3 saturated heterocycles. The average Bonchev–Trinajstić information content (AvgIpc) is 3.09. The van der Waals surface area contributed by atoms with Gasteiger partial charge in [-0.25, -0.2) is 0 Å². The second-order valence-corrected chi connectivity index (χ2v) is 7.61. The quantitative estimate of drug-likeness (QED) is 0.719. The third-order valence-electron chi connectivity index (χ3n) is 5.99. The van der Waals surface area contributed by atoms with Crippen LogP contribution in [0.25, 0.3) is 0 Å². The Labute approximate surface area is 174 Å². The van der Waals surface area contributed by atoms with Crippen LogP contribution >= 0.6 is 24.8 Å². The summed E-state index contributed by atoms with van der Waals surface area (Å²) in [5.74, 6) is 0.422. The molecule has 2 N–H and O–H groups in total. The number of hydrogen-bond acceptors (Lipinski definition) is 5. The summed E-state index contributed by atoms with van der Waals surface area (Å²) in [5, 5.41) is 0. The first kappa shape index (κ1) is 24.4. The van der Waals surface area contributed by atoms with Crippen LogP contribution in [-0.4, -0.2) is 92.1 Å². The molecule has 158 valence electrons. The van der Waals surface area contributed by atoms with E-state index in [0.29, 0.717) is 32.8 Å². The number of nitrogens with two attached hydrogens (primary N) is 1. The van der Waals surface area contributed by atoms with Crippen LogP contribution in [0.4, 0.5) is 0 Å². The molecule has 0 atom stereocenters. The molecular formula is C18H34Cl2N4O3. The van der Waals surface area contributed by atoms with E-state index in [2.05, 4.69) is 4.90 Å². The highest BCUT2D eigenvalue weighted by molar-refractivity contribution is 5.85. The first-order valence-corrected chi connectivity index (χ1v) is 9.72. The topological polar surface area (TPSA) is 79.1 Å². The molecule has 0 aromatic carbocycles. The van der Waals surface area contributed by atoms with Gasteiger partial charge in [-0.1, -0.05) is 0 Å². The van der Waals surface area contributed by atoms with Gasteiger partial charge in [-0.2, -0.15) is 0 Å². The van der Waals surface area contributed by atoms with E-state index in [1.165, 1.54) is 0 Å². The van der Waals surface area contributed by atoms with Gasteiger partial charge in [-0.3, -0.25) is 14.5 Å². The summed E-state index contributed by atoms with van der Waals surface area (Å²) in [7, 11) is 0. The average molecular weight is 425 g/mol. The van der Waals surface area contributed by atoms with Crippen LogP contribution in [0.3, 0.4) is 0 Å². The lowest BCUT2D eigenvalue weighted by Gasteiger charge is -2.38. The summed E-state index contributed by atoms with van der Waals surface area (Å²) in [6.07, 6.45) is 4.60. The van der Waals surface area contributed by atoms with E-state index < -0.39 is 5.41 Å². The number of ether oxygens (including phenoxy) is 1. The number of rotatable bonds is 4. The van der Waals surface area contributed by atoms with Gasteiger partial charge in [-0.05, 0) is 32.1 Å². The number of hydrogen-bond donors (Lipinski definition) is 1. The summed E-state index contributed by atoms with van der Waals surface area (Å²) < 4.78 is 5.42. The van der Waals surface area contributed by atoms with E-state index in [1.807, 2.05) is 9.80 Å². The van der Waals surface area contributed by atoms with Crippen LogP contribution in [0, 0.1) is 5.41 Å². The van der Waals surface area contributed by atoms with Crippen LogP contribution in [0.15, 0.2) is 0 Å². The lowest BCUT2D eigenvalue weighted by Crippen LogP contribution is -2.51. The Morgan fingerprint density at radius 2 is 1.48 bits per heavy atom. The highest BCUT2D eigenvalue weighted by atomic mass is 35.5. The number of likely N-dealkylation sites (tertiary alicyclic amines) is 1. The van der Waals surface area contributed by atoms with Crippen molar-refractivity contribution in [2.24, 2.45) is 11.1 Å². The van der Waals surface area contributed by atoms with Gasteiger partial charge < -0.3 is 20.3 Å². The fraction of sp³-hybridized carbons (Fsp3) is 0.889. The number of carbonyl (C=O) groups excluding carboxylic acids is 2. The Kier molecular flexibility index (Phi) is 10.3. The third kappa shape index (κ3) is 5.94. The number of halogens is 2. The van der Waals surface area contributed by atoms with Crippen molar-refractivity contribution in [1.29, 1.82) is 0 Å². The van der Waals surface area contributed by atoms with E-state index in [4.69, 9.17) is 10.5 Å². The largest absolute Gasteiger partial charge is 0.381 e. The normalized spacial score (nSPS) is 23.1. The molecule has 0 aliphatic carbocycles. The molecule has 0 unspecified atom stereocenters. The van der Waals surface area contributed by atoms with Gasteiger partial charge >= 0.3 is 0 Å². The van der Waals surface area contributed by atoms with Crippen LogP contribution in [0.5, 0.6) is 0 Å². The molecule has 3 heterocycles. The zero-order chi connectivity index (χ0) is 17.7. The van der Waals surface area contributed by atoms with Crippen molar-refractivity contribution in [3.05, 3.63) is 0 Å². The minimum absolute atomic E-state index is 0. The summed E-state index contributed by atoms with van der Waals surface area (Å²) >= 11 is 0. The lowest BCUT2D eigenvalue weighted by molar-refractivity contribution is -0.147. The van der Waals surface area contributed by atoms with Crippen molar-refractivity contribution >= 4 is 36.6 Å². The molecule has 3 rings (SSSR count). The predicted molar refractivity (Wildman–Crippen MR) is 109 cm³/mol. The number of amides is 2. The van der Waals surface area contributed by atoms with Gasteiger partial charge in [0.15, 0.2) is 0 Å². The maximum atomic E-state index is 13.1. The van der Waals surface area contributed by atoms with Crippen molar-refractivity contribution in [2.75, 3.05) is 65.6 Å². The smallest absolute Gasteiger partial charge is 0.236 e. The maximum Gasteiger partial charge on any atom is 0.236 e. The Morgan fingerprint density at radius 3 is 2.11 bits per heavy atom. The van der Waals surface area contributed by atoms with E-state index in [1.54, 1.807) is 0 Å². The molecule has 0 bridgehead atoms. The Hall–Kier alpha value is -0.600. The van der Waals surface area contributed by atoms with Crippen molar-refractivity contribution in [3.8, 4) is 0 Å². The molecule has 3 aliphatic rings. The fourth-order valence-electron chi connectivity index (χ4n) is 4.19. The van der Waals surface area contributed by atoms with Crippen molar-refractivity contribution in [1.82, 2.24) is 14.7 Å². The highest BCUT2D eigenvalue weighted by Gasteiger charge is 2.41. The molecule has 0 aromatic heterocycles. The number of nitrogens with zero attached hydrogens (tertiary/aromatic N) is 3. The van der Waals surface area contributed by atoms with Crippen molar-refractivity contribution in [2.45, 2.75) is 32.1 Å². The SMILES string of the molecule is Cl.Cl.NCC1(C(=O)N2CCCN(CC(=O)N3CCCC3)CC2)CCOCC1. The van der Waals surface area contributed by atoms with Crippen LogP contribution < -0.4 is 5.73 Å². The molecule has 3 aliphatic heterocycles. The molecule has 0 spiro atoms. The fourth-order valence-corrected chi connectivity index (χ4v) is 4.19. The highest BCUT2D eigenvalue weighted by Crippen LogP contribution is 2.32. The minimum Gasteiger partial charge on any atom is -0.381 e. The second-order valence-electron chi connectivity index (χ2n) is 7.61. The predicted octanol–water partition coefficient (Wildman–Crippen LogP) is 0.742. The van der Waals surface area contributed by atoms with Crippen LogP contribution in [0.2, 0.25) is 0 Å². The summed E-state index contributed by atoms with van der Waals surface area (Å²) in [6, 6.07) is 0. The minimum atomic E-state index is -0.446. The second kappa shape index (κ2) is 11.4. The third-order valence-corrected chi connectivity index (χ3v) is 5.99. The van der Waals surface area contributed by atoms with Gasteiger partial charge in [0, 0.05) is 59.0 Å². The molecule has 2 amide bonds. The zero-order valence-electron chi connectivity index (χ0n) is 16.1. The van der Waals surface area contributed by atoms with Crippen LogP contribution in [-0.2, 0) is 14.3 Å². The van der Waals surface area contributed by atoms with Crippen LogP contribution in [0.1, 0.15) is 32.1 Å². The molecule has 0 saturated carbocycles. The van der Waals surface area contributed by atoms with Gasteiger partial charge in [0.2, 0.25) is 11.8 Å². The molecule has 3 fully saturated rings. The maximum absolute atomic E-state index is 13.1. The monoisotopic (exact) mass is 424 g/mol. The molecule has 0 radical (unpaired) electrons. The Bertz CT molecular complexity index is 483. The molecular weight excluding hydrogens is 391 g/mol. The van der Waals surface area contributed by atoms with Gasteiger partial charge in [0.25, 0.3) is 0 Å². The molecule has 7 nitrogen and oxygen atoms in total. The Morgan fingerprint density at radius 1 is 0.852 bits per heavy atom. The first-order chi connectivity index (χ1) is 12.1. The van der Waals surface area contributed by atoms with E-state index in [9.17, 15) is 9.59 Å². The number of carbonyl (C=O) groups is 2. The van der Waals surface area contributed by atoms with Gasteiger partial charge in [0.05, 0.1) is 12.0 Å². The van der Waals surface area contributed by atoms with Crippen molar-refractivity contribution in [3.63, 3.8) is 0 Å². The molecule has 0 aromatic rings. The lowest BCUT2D eigenvalue weighted by atomic mass is 9.79. The van der Waals surface area contributed by atoms with Gasteiger partial charge in [0.1, 0.15) is 0 Å². The van der Waals surface area contributed by atoms with Gasteiger partial charge in [-0.15, -0.1) is 24.8 Å². The molecule has 9 heteroatoms. The first-order valence-electron chi connectivity index (χ1n) is 9.72. The summed E-state index contributed by atoms with van der Waals surface area (Å²) in [5.41, 5.74) is 5.54.